The molecule has 2 heteroatoms. The van der Waals surface area contributed by atoms with E-state index in [1.54, 1.807) is 0 Å². The lowest BCUT2D eigenvalue weighted by atomic mass is 9.91. The summed E-state index contributed by atoms with van der Waals surface area (Å²) in [6, 6.07) is 0. The minimum Gasteiger partial charge on any atom is -0.481 e. The monoisotopic (exact) mass is 150 g/mol. The van der Waals surface area contributed by atoms with E-state index in [0.717, 1.165) is 6.42 Å². The molecule has 2 rings (SSSR count). The van der Waals surface area contributed by atoms with Gasteiger partial charge in [0.25, 0.3) is 0 Å². The zero-order valence-corrected chi connectivity index (χ0v) is 6.10. The smallest absolute Gasteiger partial charge is 0.310 e. The number of carboxylic acid groups (broad SMARTS) is 1. The second-order valence-corrected chi connectivity index (χ2v) is 3.15. The summed E-state index contributed by atoms with van der Waals surface area (Å²) in [4.78, 5) is 10.7. The Morgan fingerprint density at radius 3 is 2.91 bits per heavy atom. The molecule has 0 aromatic rings. The van der Waals surface area contributed by atoms with Gasteiger partial charge in [-0.15, -0.1) is 0 Å². The quantitative estimate of drug-likeness (QED) is 0.574. The number of carboxylic acids is 1. The average Bonchev–Trinajstić information content (AvgIpc) is 2.41. The van der Waals surface area contributed by atoms with Gasteiger partial charge in [0, 0.05) is 5.92 Å². The molecule has 0 unspecified atom stereocenters. The molecule has 0 aliphatic heterocycles. The van der Waals surface area contributed by atoms with Crippen LogP contribution in [-0.4, -0.2) is 11.1 Å². The summed E-state index contributed by atoms with van der Waals surface area (Å²) in [6.45, 7) is 0. The molecule has 1 N–H and O–H groups in total. The van der Waals surface area contributed by atoms with Gasteiger partial charge in [-0.05, 0) is 12.3 Å². The summed E-state index contributed by atoms with van der Waals surface area (Å²) >= 11 is 0. The minimum atomic E-state index is -0.694. The largest absolute Gasteiger partial charge is 0.481 e. The lowest BCUT2D eigenvalue weighted by Crippen LogP contribution is -2.18. The van der Waals surface area contributed by atoms with E-state index < -0.39 is 5.97 Å². The Labute approximate surface area is 65.2 Å². The molecule has 0 fully saturated rings. The Kier molecular flexibility index (Phi) is 1.34. The average molecular weight is 150 g/mol. The highest BCUT2D eigenvalue weighted by Gasteiger charge is 2.35. The second-order valence-electron chi connectivity index (χ2n) is 3.15. The Morgan fingerprint density at radius 2 is 2.18 bits per heavy atom. The molecule has 0 amide bonds. The normalized spacial score (nSPS) is 39.5. The van der Waals surface area contributed by atoms with Gasteiger partial charge >= 0.3 is 5.97 Å². The minimum absolute atomic E-state index is 0.243. The Hall–Kier alpha value is -1.05. The molecule has 0 heterocycles. The van der Waals surface area contributed by atoms with Crippen molar-refractivity contribution in [2.24, 2.45) is 17.8 Å². The molecule has 0 saturated heterocycles. The van der Waals surface area contributed by atoms with Crippen LogP contribution < -0.4 is 0 Å². The maximum absolute atomic E-state index is 10.7. The topological polar surface area (TPSA) is 37.3 Å². The third-order valence-electron chi connectivity index (χ3n) is 2.53. The Bertz CT molecular complexity index is 240. The SMILES string of the molecule is O=C(O)[C@@H]1C=C[C@@H]2CC=C[C@@H]21. The third kappa shape index (κ3) is 0.897. The van der Waals surface area contributed by atoms with Gasteiger partial charge in [0.1, 0.15) is 0 Å². The maximum Gasteiger partial charge on any atom is 0.310 e. The van der Waals surface area contributed by atoms with Gasteiger partial charge in [-0.25, -0.2) is 0 Å². The van der Waals surface area contributed by atoms with E-state index in [1.807, 2.05) is 18.2 Å². The van der Waals surface area contributed by atoms with Crippen molar-refractivity contribution < 1.29 is 9.90 Å². The van der Waals surface area contributed by atoms with E-state index in [0.29, 0.717) is 5.92 Å². The van der Waals surface area contributed by atoms with Gasteiger partial charge in [0.15, 0.2) is 0 Å². The lowest BCUT2D eigenvalue weighted by Gasteiger charge is -2.12. The summed E-state index contributed by atoms with van der Waals surface area (Å²) in [6.07, 6.45) is 8.98. The van der Waals surface area contributed by atoms with Crippen molar-refractivity contribution in [3.63, 3.8) is 0 Å². The van der Waals surface area contributed by atoms with Gasteiger partial charge in [0.2, 0.25) is 0 Å². The van der Waals surface area contributed by atoms with E-state index in [9.17, 15) is 4.79 Å². The van der Waals surface area contributed by atoms with Gasteiger partial charge < -0.3 is 5.11 Å². The standard InChI is InChI=1S/C9H10O2/c10-9(11)8-5-4-6-2-1-3-7(6)8/h1,3-8H,2H2,(H,10,11)/t6-,7-,8+/m0/s1. The number of allylic oxidation sites excluding steroid dienone is 3. The van der Waals surface area contributed by atoms with E-state index in [-0.39, 0.29) is 11.8 Å². The predicted octanol–water partition coefficient (Wildman–Crippen LogP) is 1.45. The maximum atomic E-state index is 10.7. The predicted molar refractivity (Wildman–Crippen MR) is 41.0 cm³/mol. The molecule has 0 radical (unpaired) electrons. The van der Waals surface area contributed by atoms with Crippen LogP contribution in [-0.2, 0) is 4.79 Å². The zero-order chi connectivity index (χ0) is 7.84. The molecule has 11 heavy (non-hydrogen) atoms. The summed E-state index contributed by atoms with van der Waals surface area (Å²) < 4.78 is 0. The first-order valence-corrected chi connectivity index (χ1v) is 3.87. The van der Waals surface area contributed by atoms with E-state index in [1.165, 1.54) is 0 Å². The fraction of sp³-hybridized carbons (Fsp3) is 0.444. The summed E-state index contributed by atoms with van der Waals surface area (Å²) in [7, 11) is 0. The van der Waals surface area contributed by atoms with Crippen LogP contribution in [0.3, 0.4) is 0 Å². The van der Waals surface area contributed by atoms with Crippen LogP contribution in [0.4, 0.5) is 0 Å². The Morgan fingerprint density at radius 1 is 1.36 bits per heavy atom. The van der Waals surface area contributed by atoms with Crippen molar-refractivity contribution in [2.45, 2.75) is 6.42 Å². The molecule has 58 valence electrons. The van der Waals surface area contributed by atoms with E-state index in [2.05, 4.69) is 6.08 Å². The van der Waals surface area contributed by atoms with Crippen molar-refractivity contribution >= 4 is 5.97 Å². The molecule has 3 atom stereocenters. The van der Waals surface area contributed by atoms with Crippen LogP contribution in [0, 0.1) is 17.8 Å². The van der Waals surface area contributed by atoms with Crippen LogP contribution in [0.2, 0.25) is 0 Å². The highest BCUT2D eigenvalue weighted by atomic mass is 16.4. The first-order chi connectivity index (χ1) is 5.29. The summed E-state index contributed by atoms with van der Waals surface area (Å²) in [5, 5.41) is 8.78. The molecular formula is C9H10O2. The summed E-state index contributed by atoms with van der Waals surface area (Å²) in [5.74, 6) is -0.248. The van der Waals surface area contributed by atoms with Gasteiger partial charge in [-0.1, -0.05) is 24.3 Å². The second kappa shape index (κ2) is 2.22. The van der Waals surface area contributed by atoms with E-state index >= 15 is 0 Å². The molecule has 0 aromatic carbocycles. The van der Waals surface area contributed by atoms with E-state index in [4.69, 9.17) is 5.11 Å². The number of fused-ring (bicyclic) bond motifs is 1. The number of hydrogen-bond donors (Lipinski definition) is 1. The number of hydrogen-bond acceptors (Lipinski definition) is 1. The van der Waals surface area contributed by atoms with Crippen molar-refractivity contribution in [1.29, 1.82) is 0 Å². The molecule has 2 aliphatic rings. The molecule has 0 aromatic heterocycles. The van der Waals surface area contributed by atoms with Crippen LogP contribution >= 0.6 is 0 Å². The molecule has 0 bridgehead atoms. The molecule has 2 aliphatic carbocycles. The third-order valence-corrected chi connectivity index (χ3v) is 2.53. The van der Waals surface area contributed by atoms with Crippen molar-refractivity contribution in [1.82, 2.24) is 0 Å². The number of aliphatic carboxylic acids is 1. The molecule has 0 spiro atoms. The summed E-state index contributed by atoms with van der Waals surface area (Å²) in [5.41, 5.74) is 0. The zero-order valence-electron chi connectivity index (χ0n) is 6.10. The highest BCUT2D eigenvalue weighted by Crippen LogP contribution is 2.38. The molecule has 2 nitrogen and oxygen atoms in total. The highest BCUT2D eigenvalue weighted by molar-refractivity contribution is 5.74. The number of carbonyl (C=O) groups is 1. The molecule has 0 saturated carbocycles. The first-order valence-electron chi connectivity index (χ1n) is 3.87. The van der Waals surface area contributed by atoms with Crippen LogP contribution in [0.25, 0.3) is 0 Å². The number of rotatable bonds is 1. The van der Waals surface area contributed by atoms with Crippen LogP contribution in [0.1, 0.15) is 6.42 Å². The molecular weight excluding hydrogens is 140 g/mol. The van der Waals surface area contributed by atoms with Crippen molar-refractivity contribution in [2.75, 3.05) is 0 Å². The van der Waals surface area contributed by atoms with Crippen molar-refractivity contribution in [3.05, 3.63) is 24.3 Å². The lowest BCUT2D eigenvalue weighted by molar-refractivity contribution is -0.141. The Balaban J connectivity index is 2.20. The van der Waals surface area contributed by atoms with Gasteiger partial charge in [-0.2, -0.15) is 0 Å². The first kappa shape index (κ1) is 6.65. The van der Waals surface area contributed by atoms with Crippen LogP contribution in [0.5, 0.6) is 0 Å². The van der Waals surface area contributed by atoms with Crippen molar-refractivity contribution in [3.8, 4) is 0 Å². The van der Waals surface area contributed by atoms with Gasteiger partial charge in [-0.3, -0.25) is 4.79 Å². The fourth-order valence-electron chi connectivity index (χ4n) is 1.92. The fourth-order valence-corrected chi connectivity index (χ4v) is 1.92. The van der Waals surface area contributed by atoms with Gasteiger partial charge in [0.05, 0.1) is 5.92 Å². The van der Waals surface area contributed by atoms with Crippen LogP contribution in [0.15, 0.2) is 24.3 Å².